The van der Waals surface area contributed by atoms with Gasteiger partial charge in [0.1, 0.15) is 12.7 Å². The third-order valence-corrected chi connectivity index (χ3v) is 1.62. The number of rotatable bonds is 6. The molecule has 0 fully saturated rings. The lowest BCUT2D eigenvalue weighted by Crippen LogP contribution is -2.23. The van der Waals surface area contributed by atoms with Crippen LogP contribution in [0, 0.1) is 0 Å². The van der Waals surface area contributed by atoms with Gasteiger partial charge in [-0.15, -0.1) is 0 Å². The molecule has 0 saturated carbocycles. The van der Waals surface area contributed by atoms with Crippen molar-refractivity contribution in [1.82, 2.24) is 0 Å². The van der Waals surface area contributed by atoms with Gasteiger partial charge in [-0.05, 0) is 13.3 Å². The zero-order chi connectivity index (χ0) is 12.4. The second-order valence-corrected chi connectivity index (χ2v) is 3.15. The van der Waals surface area contributed by atoms with E-state index in [0.29, 0.717) is 6.61 Å². The van der Waals surface area contributed by atoms with Crippen LogP contribution >= 0.6 is 0 Å². The summed E-state index contributed by atoms with van der Waals surface area (Å²) in [5, 5.41) is 0. The number of hydrogen-bond donors (Lipinski definition) is 0. The van der Waals surface area contributed by atoms with E-state index in [0.717, 1.165) is 12.8 Å². The average molecular weight is 234 g/mol. The largest absolute Gasteiger partial charge is 0.508 e. The van der Waals surface area contributed by atoms with Crippen LogP contribution in [0.15, 0.2) is 0 Å². The van der Waals surface area contributed by atoms with Crippen molar-refractivity contribution in [2.75, 3.05) is 20.3 Å². The van der Waals surface area contributed by atoms with Crippen molar-refractivity contribution in [2.24, 2.45) is 0 Å². The third-order valence-electron chi connectivity index (χ3n) is 1.62. The lowest BCUT2D eigenvalue weighted by molar-refractivity contribution is -0.00698. The van der Waals surface area contributed by atoms with Crippen molar-refractivity contribution in [3.63, 3.8) is 0 Å². The Morgan fingerprint density at radius 2 is 1.88 bits per heavy atom. The lowest BCUT2D eigenvalue weighted by Gasteiger charge is -2.12. The molecule has 0 spiro atoms. The van der Waals surface area contributed by atoms with E-state index in [4.69, 9.17) is 9.47 Å². The molecule has 0 rings (SSSR count). The SMILES string of the molecule is CCCCOC(=O)OC(C)COC(=O)OC. The van der Waals surface area contributed by atoms with Gasteiger partial charge in [0, 0.05) is 0 Å². The van der Waals surface area contributed by atoms with Gasteiger partial charge in [0.05, 0.1) is 13.7 Å². The summed E-state index contributed by atoms with van der Waals surface area (Å²) in [4.78, 5) is 21.6. The summed E-state index contributed by atoms with van der Waals surface area (Å²) < 4.78 is 18.4. The first-order chi connectivity index (χ1) is 7.60. The highest BCUT2D eigenvalue weighted by Crippen LogP contribution is 1.98. The van der Waals surface area contributed by atoms with E-state index in [1.165, 1.54) is 7.11 Å². The van der Waals surface area contributed by atoms with E-state index in [-0.39, 0.29) is 6.61 Å². The number of carbonyl (C=O) groups is 2. The molecule has 94 valence electrons. The van der Waals surface area contributed by atoms with Gasteiger partial charge in [-0.2, -0.15) is 0 Å². The van der Waals surface area contributed by atoms with Crippen molar-refractivity contribution in [3.8, 4) is 0 Å². The first-order valence-corrected chi connectivity index (χ1v) is 5.14. The molecule has 16 heavy (non-hydrogen) atoms. The molecule has 0 saturated heterocycles. The lowest BCUT2D eigenvalue weighted by atomic mass is 10.4. The van der Waals surface area contributed by atoms with Crippen molar-refractivity contribution < 1.29 is 28.5 Å². The van der Waals surface area contributed by atoms with Crippen LogP contribution in [0.5, 0.6) is 0 Å². The second kappa shape index (κ2) is 8.82. The first kappa shape index (κ1) is 14.5. The number of unbranched alkanes of at least 4 members (excludes halogenated alkanes) is 1. The Kier molecular flexibility index (Phi) is 8.01. The van der Waals surface area contributed by atoms with E-state index in [9.17, 15) is 9.59 Å². The third kappa shape index (κ3) is 7.90. The summed E-state index contributed by atoms with van der Waals surface area (Å²) in [5.74, 6) is 0. The van der Waals surface area contributed by atoms with Crippen LogP contribution in [0.2, 0.25) is 0 Å². The molecule has 0 aliphatic carbocycles. The van der Waals surface area contributed by atoms with Crippen molar-refractivity contribution in [3.05, 3.63) is 0 Å². The van der Waals surface area contributed by atoms with Gasteiger partial charge < -0.3 is 18.9 Å². The highest BCUT2D eigenvalue weighted by Gasteiger charge is 2.12. The minimum absolute atomic E-state index is 0.0600. The quantitative estimate of drug-likeness (QED) is 0.517. The molecular formula is C10H18O6. The number of methoxy groups -OCH3 is 1. The Balaban J connectivity index is 3.57. The molecule has 0 N–H and O–H groups in total. The highest BCUT2D eigenvalue weighted by molar-refractivity contribution is 5.60. The fourth-order valence-corrected chi connectivity index (χ4v) is 0.776. The smallest absolute Gasteiger partial charge is 0.438 e. The molecule has 0 amide bonds. The minimum Gasteiger partial charge on any atom is -0.438 e. The molecule has 0 bridgehead atoms. The van der Waals surface area contributed by atoms with Crippen LogP contribution in [0.1, 0.15) is 26.7 Å². The maximum atomic E-state index is 11.0. The molecule has 0 aromatic carbocycles. The molecule has 6 heteroatoms. The topological polar surface area (TPSA) is 71.1 Å². The van der Waals surface area contributed by atoms with E-state index in [1.54, 1.807) is 6.92 Å². The van der Waals surface area contributed by atoms with Gasteiger partial charge in [0.2, 0.25) is 0 Å². The van der Waals surface area contributed by atoms with Crippen molar-refractivity contribution in [1.29, 1.82) is 0 Å². The Bertz CT molecular complexity index is 215. The molecule has 6 nitrogen and oxygen atoms in total. The van der Waals surface area contributed by atoms with Crippen LogP contribution in [-0.4, -0.2) is 38.7 Å². The van der Waals surface area contributed by atoms with Crippen LogP contribution < -0.4 is 0 Å². The van der Waals surface area contributed by atoms with Crippen LogP contribution in [0.3, 0.4) is 0 Å². The molecule has 1 unspecified atom stereocenters. The summed E-state index contributed by atoms with van der Waals surface area (Å²) >= 11 is 0. The first-order valence-electron chi connectivity index (χ1n) is 5.14. The zero-order valence-electron chi connectivity index (χ0n) is 9.86. The molecule has 0 aromatic heterocycles. The fraction of sp³-hybridized carbons (Fsp3) is 0.800. The van der Waals surface area contributed by atoms with E-state index >= 15 is 0 Å². The molecule has 0 aromatic rings. The monoisotopic (exact) mass is 234 g/mol. The normalized spacial score (nSPS) is 11.4. The molecule has 1 atom stereocenters. The number of ether oxygens (including phenoxy) is 4. The fourth-order valence-electron chi connectivity index (χ4n) is 0.776. The Labute approximate surface area is 94.8 Å². The van der Waals surface area contributed by atoms with Crippen LogP contribution in [0.25, 0.3) is 0 Å². The second-order valence-electron chi connectivity index (χ2n) is 3.15. The van der Waals surface area contributed by atoms with E-state index in [1.807, 2.05) is 6.92 Å². The maximum Gasteiger partial charge on any atom is 0.508 e. The Hall–Kier alpha value is -1.46. The Morgan fingerprint density at radius 3 is 2.44 bits per heavy atom. The van der Waals surface area contributed by atoms with Gasteiger partial charge in [-0.3, -0.25) is 0 Å². The van der Waals surface area contributed by atoms with Gasteiger partial charge in [0.25, 0.3) is 0 Å². The van der Waals surface area contributed by atoms with Crippen molar-refractivity contribution in [2.45, 2.75) is 32.8 Å². The van der Waals surface area contributed by atoms with Crippen molar-refractivity contribution >= 4 is 12.3 Å². The minimum atomic E-state index is -0.810. The molecule has 0 aliphatic heterocycles. The van der Waals surface area contributed by atoms with E-state index in [2.05, 4.69) is 9.47 Å². The summed E-state index contributed by atoms with van der Waals surface area (Å²) in [6.07, 6.45) is -0.395. The average Bonchev–Trinajstić information content (AvgIpc) is 2.26. The molecular weight excluding hydrogens is 216 g/mol. The van der Waals surface area contributed by atoms with E-state index < -0.39 is 18.4 Å². The summed E-state index contributed by atoms with van der Waals surface area (Å²) in [6.45, 7) is 3.85. The Morgan fingerprint density at radius 1 is 1.19 bits per heavy atom. The molecule has 0 radical (unpaired) electrons. The van der Waals surface area contributed by atoms with Gasteiger partial charge in [-0.25, -0.2) is 9.59 Å². The predicted octanol–water partition coefficient (Wildman–Crippen LogP) is 2.11. The van der Waals surface area contributed by atoms with Gasteiger partial charge >= 0.3 is 12.3 Å². The maximum absolute atomic E-state index is 11.0. The van der Waals surface area contributed by atoms with Crippen LogP contribution in [0.4, 0.5) is 9.59 Å². The summed E-state index contributed by atoms with van der Waals surface area (Å²) in [7, 11) is 1.20. The summed E-state index contributed by atoms with van der Waals surface area (Å²) in [6, 6.07) is 0. The molecule has 0 aliphatic rings. The molecule has 0 heterocycles. The number of hydrogen-bond acceptors (Lipinski definition) is 6. The van der Waals surface area contributed by atoms with Crippen LogP contribution in [-0.2, 0) is 18.9 Å². The standard InChI is InChI=1S/C10H18O6/c1-4-5-6-14-10(12)16-8(2)7-15-9(11)13-3/h8H,4-7H2,1-3H3. The predicted molar refractivity (Wildman–Crippen MR) is 55.2 cm³/mol. The van der Waals surface area contributed by atoms with Gasteiger partial charge in [-0.1, -0.05) is 13.3 Å². The zero-order valence-corrected chi connectivity index (χ0v) is 9.86. The van der Waals surface area contributed by atoms with Gasteiger partial charge in [0.15, 0.2) is 0 Å². The summed E-state index contributed by atoms with van der Waals surface area (Å²) in [5.41, 5.74) is 0. The number of carbonyl (C=O) groups excluding carboxylic acids is 2. The highest BCUT2D eigenvalue weighted by atomic mass is 16.7.